The standard InChI is InChI=1S/C16H17N5O2S/c1-4-23-15(22)11-9-18-21(14(11)17-10-20(2)3)16-19-12-7-5-6-8-13(12)24-16/h5-10H,4H2,1-3H3. The van der Waals surface area contributed by atoms with Gasteiger partial charge in [-0.25, -0.2) is 14.8 Å². The van der Waals surface area contributed by atoms with E-state index in [4.69, 9.17) is 4.74 Å². The second-order valence-corrected chi connectivity index (χ2v) is 6.20. The molecule has 0 spiro atoms. The van der Waals surface area contributed by atoms with Crippen LogP contribution in [0.25, 0.3) is 15.3 Å². The van der Waals surface area contributed by atoms with Crippen molar-refractivity contribution in [1.29, 1.82) is 0 Å². The van der Waals surface area contributed by atoms with Crippen molar-refractivity contribution in [2.75, 3.05) is 20.7 Å². The maximum absolute atomic E-state index is 12.1. The van der Waals surface area contributed by atoms with Gasteiger partial charge in [0.15, 0.2) is 5.82 Å². The number of para-hydroxylation sites is 1. The monoisotopic (exact) mass is 343 g/mol. The number of hydrogen-bond donors (Lipinski definition) is 0. The number of rotatable bonds is 5. The minimum absolute atomic E-state index is 0.294. The van der Waals surface area contributed by atoms with Crippen molar-refractivity contribution in [3.05, 3.63) is 36.0 Å². The zero-order valence-corrected chi connectivity index (χ0v) is 14.4. The third kappa shape index (κ3) is 3.13. The molecule has 3 rings (SSSR count). The molecule has 3 aromatic rings. The average molecular weight is 343 g/mol. The lowest BCUT2D eigenvalue weighted by Gasteiger charge is -2.05. The number of fused-ring (bicyclic) bond motifs is 1. The van der Waals surface area contributed by atoms with E-state index < -0.39 is 5.97 Å². The molecule has 0 aliphatic heterocycles. The molecule has 24 heavy (non-hydrogen) atoms. The topological polar surface area (TPSA) is 72.6 Å². The van der Waals surface area contributed by atoms with Crippen LogP contribution < -0.4 is 0 Å². The van der Waals surface area contributed by atoms with Gasteiger partial charge in [0.25, 0.3) is 0 Å². The first-order valence-electron chi connectivity index (χ1n) is 7.42. The zero-order chi connectivity index (χ0) is 17.1. The van der Waals surface area contributed by atoms with Crippen LogP contribution in [0.2, 0.25) is 0 Å². The Morgan fingerprint density at radius 3 is 2.92 bits per heavy atom. The number of thiazole rings is 1. The number of nitrogens with zero attached hydrogens (tertiary/aromatic N) is 5. The second-order valence-electron chi connectivity index (χ2n) is 5.19. The highest BCUT2D eigenvalue weighted by atomic mass is 32.1. The van der Waals surface area contributed by atoms with Crippen molar-refractivity contribution in [2.45, 2.75) is 6.92 Å². The molecule has 2 aromatic heterocycles. The number of ether oxygens (including phenoxy) is 1. The van der Waals surface area contributed by atoms with Crippen molar-refractivity contribution < 1.29 is 9.53 Å². The van der Waals surface area contributed by atoms with Gasteiger partial charge in [-0.2, -0.15) is 9.78 Å². The van der Waals surface area contributed by atoms with Gasteiger partial charge in [-0.15, -0.1) is 0 Å². The van der Waals surface area contributed by atoms with E-state index in [0.29, 0.717) is 23.1 Å². The minimum atomic E-state index is -0.448. The van der Waals surface area contributed by atoms with Crippen LogP contribution in [0.5, 0.6) is 0 Å². The Morgan fingerprint density at radius 1 is 1.42 bits per heavy atom. The number of esters is 1. The predicted octanol–water partition coefficient (Wildman–Crippen LogP) is 2.88. The average Bonchev–Trinajstić information content (AvgIpc) is 3.16. The summed E-state index contributed by atoms with van der Waals surface area (Å²) in [5, 5.41) is 4.95. The molecule has 0 bridgehead atoms. The quantitative estimate of drug-likeness (QED) is 0.405. The molecule has 2 heterocycles. The largest absolute Gasteiger partial charge is 0.462 e. The van der Waals surface area contributed by atoms with Gasteiger partial charge in [0.1, 0.15) is 5.56 Å². The molecule has 7 nitrogen and oxygen atoms in total. The van der Waals surface area contributed by atoms with Crippen LogP contribution in [-0.4, -0.2) is 52.7 Å². The van der Waals surface area contributed by atoms with E-state index in [0.717, 1.165) is 10.2 Å². The van der Waals surface area contributed by atoms with Crippen molar-refractivity contribution in [1.82, 2.24) is 19.7 Å². The smallest absolute Gasteiger partial charge is 0.343 e. The first-order valence-corrected chi connectivity index (χ1v) is 8.23. The molecule has 0 saturated heterocycles. The van der Waals surface area contributed by atoms with E-state index >= 15 is 0 Å². The Bertz CT molecular complexity index is 864. The Morgan fingerprint density at radius 2 is 2.21 bits per heavy atom. The number of carbonyl (C=O) groups excluding carboxylic acids is 1. The van der Waals surface area contributed by atoms with Gasteiger partial charge in [-0.1, -0.05) is 23.5 Å². The predicted molar refractivity (Wildman–Crippen MR) is 94.5 cm³/mol. The van der Waals surface area contributed by atoms with E-state index in [2.05, 4.69) is 15.1 Å². The summed E-state index contributed by atoms with van der Waals surface area (Å²) in [6.45, 7) is 2.06. The van der Waals surface area contributed by atoms with Gasteiger partial charge in [0.2, 0.25) is 5.13 Å². The first kappa shape index (κ1) is 16.1. The number of benzene rings is 1. The van der Waals surface area contributed by atoms with Crippen molar-refractivity contribution >= 4 is 39.7 Å². The SMILES string of the molecule is CCOC(=O)c1cnn(-c2nc3ccccc3s2)c1N=CN(C)C. The van der Waals surface area contributed by atoms with E-state index in [9.17, 15) is 4.79 Å². The molecule has 1 aromatic carbocycles. The second kappa shape index (κ2) is 6.79. The summed E-state index contributed by atoms with van der Waals surface area (Å²) in [5.74, 6) is -0.0445. The van der Waals surface area contributed by atoms with Gasteiger partial charge in [-0.05, 0) is 19.1 Å². The minimum Gasteiger partial charge on any atom is -0.462 e. The Hall–Kier alpha value is -2.74. The molecular formula is C16H17N5O2S. The summed E-state index contributed by atoms with van der Waals surface area (Å²) in [6, 6.07) is 7.83. The fourth-order valence-electron chi connectivity index (χ4n) is 2.08. The van der Waals surface area contributed by atoms with Crippen molar-refractivity contribution in [2.24, 2.45) is 4.99 Å². The van der Waals surface area contributed by atoms with E-state index in [1.165, 1.54) is 17.5 Å². The summed E-state index contributed by atoms with van der Waals surface area (Å²) in [7, 11) is 3.71. The lowest BCUT2D eigenvalue weighted by molar-refractivity contribution is 0.0527. The summed E-state index contributed by atoms with van der Waals surface area (Å²) < 4.78 is 7.70. The van der Waals surface area contributed by atoms with E-state index in [1.807, 2.05) is 38.4 Å². The molecule has 0 fully saturated rings. The van der Waals surface area contributed by atoms with Gasteiger partial charge < -0.3 is 9.64 Å². The first-order chi connectivity index (χ1) is 11.6. The molecule has 0 aliphatic rings. The van der Waals surface area contributed by atoms with Crippen LogP contribution >= 0.6 is 11.3 Å². The Balaban J connectivity index is 2.11. The van der Waals surface area contributed by atoms with Gasteiger partial charge >= 0.3 is 5.97 Å². The van der Waals surface area contributed by atoms with E-state index in [-0.39, 0.29) is 0 Å². The normalized spacial score (nSPS) is 11.3. The van der Waals surface area contributed by atoms with Crippen LogP contribution in [0.4, 0.5) is 5.82 Å². The maximum Gasteiger partial charge on any atom is 0.343 e. The number of carbonyl (C=O) groups is 1. The molecular weight excluding hydrogens is 326 g/mol. The molecule has 8 heteroatoms. The number of aliphatic imine (C=N–C) groups is 1. The highest BCUT2D eigenvalue weighted by Gasteiger charge is 2.20. The molecule has 124 valence electrons. The van der Waals surface area contributed by atoms with Crippen LogP contribution in [0.15, 0.2) is 35.5 Å². The zero-order valence-electron chi connectivity index (χ0n) is 13.6. The summed E-state index contributed by atoms with van der Waals surface area (Å²) in [5.41, 5.74) is 1.20. The van der Waals surface area contributed by atoms with Gasteiger partial charge in [-0.3, -0.25) is 0 Å². The Labute approximate surface area is 143 Å². The highest BCUT2D eigenvalue weighted by Crippen LogP contribution is 2.29. The van der Waals surface area contributed by atoms with Crippen LogP contribution in [0, 0.1) is 0 Å². The van der Waals surface area contributed by atoms with Crippen LogP contribution in [0.3, 0.4) is 0 Å². The highest BCUT2D eigenvalue weighted by molar-refractivity contribution is 7.20. The lowest BCUT2D eigenvalue weighted by Crippen LogP contribution is -2.09. The Kier molecular flexibility index (Phi) is 4.57. The number of hydrogen-bond acceptors (Lipinski definition) is 6. The van der Waals surface area contributed by atoms with Crippen LogP contribution in [0.1, 0.15) is 17.3 Å². The molecule has 0 radical (unpaired) electrons. The third-order valence-electron chi connectivity index (χ3n) is 3.11. The molecule has 0 amide bonds. The van der Waals surface area contributed by atoms with Gasteiger partial charge in [0.05, 0.1) is 29.4 Å². The van der Waals surface area contributed by atoms with Crippen LogP contribution in [-0.2, 0) is 4.74 Å². The molecule has 0 atom stereocenters. The number of aromatic nitrogens is 3. The maximum atomic E-state index is 12.1. The van der Waals surface area contributed by atoms with Gasteiger partial charge in [0, 0.05) is 14.1 Å². The van der Waals surface area contributed by atoms with E-state index in [1.54, 1.807) is 22.8 Å². The molecule has 0 saturated carbocycles. The van der Waals surface area contributed by atoms with Crippen molar-refractivity contribution in [3.8, 4) is 5.13 Å². The third-order valence-corrected chi connectivity index (χ3v) is 4.13. The molecule has 0 unspecified atom stereocenters. The lowest BCUT2D eigenvalue weighted by atomic mass is 10.3. The summed E-state index contributed by atoms with van der Waals surface area (Å²) in [4.78, 5) is 22.9. The summed E-state index contributed by atoms with van der Waals surface area (Å²) in [6.07, 6.45) is 3.08. The molecule has 0 aliphatic carbocycles. The summed E-state index contributed by atoms with van der Waals surface area (Å²) >= 11 is 1.49. The molecule has 0 N–H and O–H groups in total. The fraction of sp³-hybridized carbons (Fsp3) is 0.250. The van der Waals surface area contributed by atoms with Crippen molar-refractivity contribution in [3.63, 3.8) is 0 Å². The fourth-order valence-corrected chi connectivity index (χ4v) is 3.01.